The lowest BCUT2D eigenvalue weighted by Gasteiger charge is -2.18. The minimum Gasteiger partial charge on any atom is -0.475 e. The van der Waals surface area contributed by atoms with Gasteiger partial charge in [-0.05, 0) is 57.9 Å². The van der Waals surface area contributed by atoms with Crippen molar-refractivity contribution in [1.82, 2.24) is 40.4 Å². The summed E-state index contributed by atoms with van der Waals surface area (Å²) in [7, 11) is 5.87. The van der Waals surface area contributed by atoms with Gasteiger partial charge in [0.15, 0.2) is 5.82 Å². The Kier molecular flexibility index (Phi) is 7.51. The van der Waals surface area contributed by atoms with Crippen molar-refractivity contribution in [3.05, 3.63) is 60.1 Å². The van der Waals surface area contributed by atoms with Crippen LogP contribution in [0.15, 0.2) is 54.4 Å². The summed E-state index contributed by atoms with van der Waals surface area (Å²) in [5, 5.41) is 21.7. The van der Waals surface area contributed by atoms with E-state index in [1.165, 1.54) is 0 Å². The first-order valence-corrected chi connectivity index (χ1v) is 12.2. The third-order valence-corrected chi connectivity index (χ3v) is 6.28. The largest absolute Gasteiger partial charge is 0.475 e. The normalized spacial score (nSPS) is 21.6. The summed E-state index contributed by atoms with van der Waals surface area (Å²) < 4.78 is 5.58. The third kappa shape index (κ3) is 6.00. The zero-order valence-electron chi connectivity index (χ0n) is 21.1. The van der Waals surface area contributed by atoms with Crippen molar-refractivity contribution in [2.75, 3.05) is 46.2 Å². The van der Waals surface area contributed by atoms with Crippen molar-refractivity contribution in [1.29, 1.82) is 0 Å². The minimum atomic E-state index is -0.547. The average Bonchev–Trinajstić information content (AvgIpc) is 3.52. The first-order valence-electron chi connectivity index (χ1n) is 12.2. The highest BCUT2D eigenvalue weighted by Crippen LogP contribution is 2.33. The van der Waals surface area contributed by atoms with Crippen LogP contribution in [0.25, 0.3) is 11.4 Å². The number of hydrogen-bond acceptors (Lipinski definition) is 12. The van der Waals surface area contributed by atoms with E-state index in [9.17, 15) is 5.11 Å². The molecule has 0 bridgehead atoms. The number of nitrogens with zero attached hydrogens (tertiary/aromatic N) is 7. The number of nitrogens with one attached hydrogen (secondary N) is 2. The summed E-state index contributed by atoms with van der Waals surface area (Å²) in [4.78, 5) is 23.4. The van der Waals surface area contributed by atoms with Crippen LogP contribution in [0, 0.1) is 5.92 Å². The van der Waals surface area contributed by atoms with Gasteiger partial charge < -0.3 is 24.9 Å². The monoisotopic (exact) mass is 505 g/mol. The fourth-order valence-corrected chi connectivity index (χ4v) is 4.17. The number of hydroxylamine groups is 1. The molecule has 1 fully saturated rings. The van der Waals surface area contributed by atoms with Gasteiger partial charge in [0.25, 0.3) is 0 Å². The van der Waals surface area contributed by atoms with Gasteiger partial charge in [0, 0.05) is 25.4 Å². The standard InChI is InChI=1S/C25H31N9O3/c1-33(2)13-14-36-23-8-7-22(30-31-23)29-25-26-11-9-19(28-25)17-5-4-6-18(27-17)20-15-21(37-32-20)16-10-12-34(3)24(16)35/h4-9,11,15-16,20,24,32,35H,10,12-14H2,1-3H3,(H,26,28,29,30)/t16-,20?,24?/m0/s1. The van der Waals surface area contributed by atoms with E-state index in [0.29, 0.717) is 35.6 Å². The summed E-state index contributed by atoms with van der Waals surface area (Å²) in [6, 6.07) is 10.8. The molecular weight excluding hydrogens is 474 g/mol. The van der Waals surface area contributed by atoms with Gasteiger partial charge in [0.05, 0.1) is 23.0 Å². The number of aromatic nitrogens is 5. The van der Waals surface area contributed by atoms with E-state index >= 15 is 0 Å². The van der Waals surface area contributed by atoms with Gasteiger partial charge in [0.2, 0.25) is 11.8 Å². The lowest BCUT2D eigenvalue weighted by molar-refractivity contribution is 0.00444. The van der Waals surface area contributed by atoms with Crippen molar-refractivity contribution in [2.24, 2.45) is 5.92 Å². The number of anilines is 2. The Morgan fingerprint density at radius 3 is 2.78 bits per heavy atom. The van der Waals surface area contributed by atoms with Crippen LogP contribution in [0.4, 0.5) is 11.8 Å². The van der Waals surface area contributed by atoms with E-state index in [1.807, 2.05) is 55.2 Å². The second kappa shape index (κ2) is 11.1. The topological polar surface area (TPSA) is 134 Å². The van der Waals surface area contributed by atoms with E-state index in [-0.39, 0.29) is 12.0 Å². The molecule has 0 aromatic carbocycles. The summed E-state index contributed by atoms with van der Waals surface area (Å²) in [5.74, 6) is 2.03. The summed E-state index contributed by atoms with van der Waals surface area (Å²) in [6.07, 6.45) is 3.95. The number of aliphatic hydroxyl groups is 1. The highest BCUT2D eigenvalue weighted by molar-refractivity contribution is 5.57. The predicted molar refractivity (Wildman–Crippen MR) is 136 cm³/mol. The Hall–Kier alpha value is -3.71. The number of aliphatic hydroxyl groups excluding tert-OH is 1. The summed E-state index contributed by atoms with van der Waals surface area (Å²) >= 11 is 0. The predicted octanol–water partition coefficient (Wildman–Crippen LogP) is 1.74. The Morgan fingerprint density at radius 1 is 1.16 bits per heavy atom. The van der Waals surface area contributed by atoms with Crippen LogP contribution in [0.2, 0.25) is 0 Å². The average molecular weight is 506 g/mol. The molecule has 2 aliphatic heterocycles. The molecule has 3 aromatic rings. The van der Waals surface area contributed by atoms with E-state index < -0.39 is 6.23 Å². The van der Waals surface area contributed by atoms with Crippen LogP contribution in [-0.4, -0.2) is 87.1 Å². The number of likely N-dealkylation sites (N-methyl/N-ethyl adjacent to an activating group) is 1. The molecule has 2 aliphatic rings. The lowest BCUT2D eigenvalue weighted by Crippen LogP contribution is -2.29. The third-order valence-electron chi connectivity index (χ3n) is 6.28. The molecule has 3 aromatic heterocycles. The molecule has 12 heteroatoms. The van der Waals surface area contributed by atoms with Crippen LogP contribution < -0.4 is 15.5 Å². The molecule has 0 saturated carbocycles. The van der Waals surface area contributed by atoms with Gasteiger partial charge in [-0.3, -0.25) is 4.90 Å². The number of rotatable bonds is 9. The smallest absolute Gasteiger partial charge is 0.233 e. The molecule has 0 amide bonds. The molecule has 5 heterocycles. The maximum absolute atomic E-state index is 10.4. The molecule has 3 atom stereocenters. The highest BCUT2D eigenvalue weighted by atomic mass is 16.7. The minimum absolute atomic E-state index is 0.0528. The van der Waals surface area contributed by atoms with E-state index in [2.05, 4.69) is 31.0 Å². The summed E-state index contributed by atoms with van der Waals surface area (Å²) in [6.45, 7) is 2.15. The molecule has 2 unspecified atom stereocenters. The first kappa shape index (κ1) is 25.0. The van der Waals surface area contributed by atoms with Crippen molar-refractivity contribution >= 4 is 11.8 Å². The van der Waals surface area contributed by atoms with Crippen LogP contribution in [0.3, 0.4) is 0 Å². The summed E-state index contributed by atoms with van der Waals surface area (Å²) in [5.41, 5.74) is 5.17. The van der Waals surface area contributed by atoms with Gasteiger partial charge in [-0.2, -0.15) is 0 Å². The number of likely N-dealkylation sites (tertiary alicyclic amines) is 1. The molecule has 5 rings (SSSR count). The number of pyridine rings is 1. The van der Waals surface area contributed by atoms with E-state index in [4.69, 9.17) is 14.6 Å². The molecule has 0 radical (unpaired) electrons. The Morgan fingerprint density at radius 2 is 2.03 bits per heavy atom. The van der Waals surface area contributed by atoms with Gasteiger partial charge in [0.1, 0.15) is 24.6 Å². The quantitative estimate of drug-likeness (QED) is 0.391. The van der Waals surface area contributed by atoms with Crippen molar-refractivity contribution < 1.29 is 14.7 Å². The molecule has 12 nitrogen and oxygen atoms in total. The van der Waals surface area contributed by atoms with Crippen LogP contribution in [0.5, 0.6) is 5.88 Å². The van der Waals surface area contributed by atoms with E-state index in [1.54, 1.807) is 24.4 Å². The lowest BCUT2D eigenvalue weighted by atomic mass is 10.0. The molecule has 194 valence electrons. The Labute approximate surface area is 215 Å². The highest BCUT2D eigenvalue weighted by Gasteiger charge is 2.37. The zero-order valence-corrected chi connectivity index (χ0v) is 21.1. The molecule has 1 saturated heterocycles. The zero-order chi connectivity index (χ0) is 25.8. The van der Waals surface area contributed by atoms with Crippen molar-refractivity contribution in [3.63, 3.8) is 0 Å². The van der Waals surface area contributed by atoms with Gasteiger partial charge in [-0.1, -0.05) is 6.07 Å². The maximum Gasteiger partial charge on any atom is 0.233 e. The molecule has 0 aliphatic carbocycles. The van der Waals surface area contributed by atoms with Crippen LogP contribution in [0.1, 0.15) is 18.2 Å². The van der Waals surface area contributed by atoms with Gasteiger partial charge in [-0.25, -0.2) is 15.0 Å². The fourth-order valence-electron chi connectivity index (χ4n) is 4.17. The van der Waals surface area contributed by atoms with Gasteiger partial charge in [-0.15, -0.1) is 15.7 Å². The Bertz CT molecular complexity index is 1240. The van der Waals surface area contributed by atoms with Crippen LogP contribution in [-0.2, 0) is 4.84 Å². The molecule has 0 spiro atoms. The molecule has 3 N–H and O–H groups in total. The number of hydrogen-bond donors (Lipinski definition) is 3. The SMILES string of the molecule is CN(C)CCOc1ccc(Nc2nccc(-c3cccc(C4C=C([C@@H]5CCN(C)C5O)ON4)n3)n2)nn1. The number of ether oxygens (including phenoxy) is 1. The molecular formula is C25H31N9O3. The molecule has 37 heavy (non-hydrogen) atoms. The van der Waals surface area contributed by atoms with Crippen molar-refractivity contribution in [2.45, 2.75) is 18.7 Å². The fraction of sp³-hybridized carbons (Fsp3) is 0.400. The van der Waals surface area contributed by atoms with Gasteiger partial charge >= 0.3 is 0 Å². The van der Waals surface area contributed by atoms with Crippen molar-refractivity contribution in [3.8, 4) is 17.3 Å². The maximum atomic E-state index is 10.4. The second-order valence-electron chi connectivity index (χ2n) is 9.30. The van der Waals surface area contributed by atoms with Crippen LogP contribution >= 0.6 is 0 Å². The van der Waals surface area contributed by atoms with E-state index in [0.717, 1.165) is 31.0 Å². The first-order chi connectivity index (χ1) is 18.0. The second-order valence-corrected chi connectivity index (χ2v) is 9.30. The Balaban J connectivity index is 1.26.